The van der Waals surface area contributed by atoms with E-state index < -0.39 is 18.8 Å². The quantitative estimate of drug-likeness (QED) is 0.322. The van der Waals surface area contributed by atoms with Crippen LogP contribution in [0.15, 0.2) is 0 Å². The Balaban J connectivity index is 3.75. The Bertz CT molecular complexity index is 155. The van der Waals surface area contributed by atoms with Crippen LogP contribution in [-0.4, -0.2) is 25.4 Å². The third kappa shape index (κ3) is 8.47. The summed E-state index contributed by atoms with van der Waals surface area (Å²) >= 11 is -2.11. The monoisotopic (exact) mass is 350 g/mol. The summed E-state index contributed by atoms with van der Waals surface area (Å²) in [5.41, 5.74) is 0. The molecule has 0 aliphatic carbocycles. The van der Waals surface area contributed by atoms with Crippen LogP contribution < -0.4 is 0 Å². The van der Waals surface area contributed by atoms with E-state index in [1.165, 1.54) is 58.3 Å². The first-order valence-corrected chi connectivity index (χ1v) is 15.1. The fourth-order valence-corrected chi connectivity index (χ4v) is 11.8. The molecule has 0 N–H and O–H groups in total. The molecular formula is C15H34OSn. The second-order valence-corrected chi connectivity index (χ2v) is 18.3. The zero-order valence-corrected chi connectivity index (χ0v) is 15.5. The molecule has 0 aromatic rings. The molecule has 0 spiro atoms. The van der Waals surface area contributed by atoms with Gasteiger partial charge in [0.1, 0.15) is 0 Å². The summed E-state index contributed by atoms with van der Waals surface area (Å²) in [5, 5.41) is 0. The average molecular weight is 349 g/mol. The predicted octanol–water partition coefficient (Wildman–Crippen LogP) is 5.76. The van der Waals surface area contributed by atoms with Gasteiger partial charge in [-0.2, -0.15) is 0 Å². The molecule has 0 saturated carbocycles. The molecule has 0 amide bonds. The molecule has 104 valence electrons. The molecule has 17 heavy (non-hydrogen) atoms. The number of rotatable bonds is 12. The summed E-state index contributed by atoms with van der Waals surface area (Å²) in [6.45, 7) is 10.3. The van der Waals surface area contributed by atoms with Gasteiger partial charge in [-0.1, -0.05) is 0 Å². The van der Waals surface area contributed by atoms with E-state index in [1.807, 2.05) is 0 Å². The first kappa shape index (κ1) is 17.8. The van der Waals surface area contributed by atoms with Gasteiger partial charge >= 0.3 is 114 Å². The molecule has 0 aliphatic heterocycles. The second-order valence-electron chi connectivity index (χ2n) is 5.26. The van der Waals surface area contributed by atoms with Crippen molar-refractivity contribution in [2.75, 3.05) is 6.61 Å². The Morgan fingerprint density at radius 3 is 1.82 bits per heavy atom. The summed E-state index contributed by atoms with van der Waals surface area (Å²) in [5.74, 6) is 0. The molecule has 0 fully saturated rings. The number of hydrogen-bond donors (Lipinski definition) is 0. The van der Waals surface area contributed by atoms with Crippen molar-refractivity contribution >= 4 is 18.8 Å². The molecule has 0 aromatic carbocycles. The topological polar surface area (TPSA) is 9.23 Å². The van der Waals surface area contributed by atoms with Gasteiger partial charge in [0.25, 0.3) is 0 Å². The Labute approximate surface area is 114 Å². The van der Waals surface area contributed by atoms with Gasteiger partial charge in [0.2, 0.25) is 0 Å². The molecule has 2 heteroatoms. The molecule has 0 heterocycles. The molecular weight excluding hydrogens is 315 g/mol. The minimum absolute atomic E-state index is 1.02. The maximum absolute atomic E-state index is 6.31. The van der Waals surface area contributed by atoms with Crippen LogP contribution in [0.3, 0.4) is 0 Å². The Morgan fingerprint density at radius 1 is 0.706 bits per heavy atom. The fourth-order valence-electron chi connectivity index (χ4n) is 2.43. The first-order valence-electron chi connectivity index (χ1n) is 7.88. The first-order chi connectivity index (χ1) is 8.24. The molecule has 0 saturated heterocycles. The van der Waals surface area contributed by atoms with E-state index in [1.54, 1.807) is 0 Å². The normalized spacial score (nSPS) is 12.0. The SMILES string of the molecule is CCCCCCC[CH2][Sn]([CH2]C)([CH2]C)[O]CCC. The van der Waals surface area contributed by atoms with E-state index in [0.29, 0.717) is 0 Å². The van der Waals surface area contributed by atoms with Gasteiger partial charge < -0.3 is 0 Å². The fraction of sp³-hybridized carbons (Fsp3) is 1.00. The van der Waals surface area contributed by atoms with Gasteiger partial charge in [-0.15, -0.1) is 0 Å². The summed E-state index contributed by atoms with van der Waals surface area (Å²) in [6.07, 6.45) is 9.72. The van der Waals surface area contributed by atoms with Gasteiger partial charge in [0.15, 0.2) is 0 Å². The van der Waals surface area contributed by atoms with E-state index in [2.05, 4.69) is 27.7 Å². The molecule has 0 atom stereocenters. The van der Waals surface area contributed by atoms with Gasteiger partial charge in [0.05, 0.1) is 0 Å². The summed E-state index contributed by atoms with van der Waals surface area (Å²) in [7, 11) is 0. The van der Waals surface area contributed by atoms with E-state index >= 15 is 0 Å². The van der Waals surface area contributed by atoms with Gasteiger partial charge in [-0.05, 0) is 0 Å². The van der Waals surface area contributed by atoms with Crippen LogP contribution in [0.25, 0.3) is 0 Å². The summed E-state index contributed by atoms with van der Waals surface area (Å²) in [6, 6.07) is 0. The van der Waals surface area contributed by atoms with Gasteiger partial charge in [-0.3, -0.25) is 0 Å². The van der Waals surface area contributed by atoms with Crippen molar-refractivity contribution in [1.82, 2.24) is 0 Å². The second kappa shape index (κ2) is 11.8. The third-order valence-corrected chi connectivity index (χ3v) is 17.2. The Hall–Kier alpha value is 0.759. The van der Waals surface area contributed by atoms with Crippen molar-refractivity contribution in [3.05, 3.63) is 0 Å². The van der Waals surface area contributed by atoms with Gasteiger partial charge in [-0.25, -0.2) is 0 Å². The van der Waals surface area contributed by atoms with Crippen molar-refractivity contribution in [2.24, 2.45) is 0 Å². The van der Waals surface area contributed by atoms with Crippen molar-refractivity contribution in [3.8, 4) is 0 Å². The molecule has 0 aliphatic rings. The molecule has 0 aromatic heterocycles. The molecule has 0 radical (unpaired) electrons. The van der Waals surface area contributed by atoms with Crippen molar-refractivity contribution in [3.63, 3.8) is 0 Å². The van der Waals surface area contributed by atoms with Crippen LogP contribution in [0.4, 0.5) is 0 Å². The molecule has 1 nitrogen and oxygen atoms in total. The predicted molar refractivity (Wildman–Crippen MR) is 81.1 cm³/mol. The maximum atomic E-state index is 6.31. The Morgan fingerprint density at radius 2 is 1.29 bits per heavy atom. The van der Waals surface area contributed by atoms with E-state index in [9.17, 15) is 0 Å². The molecule has 0 bridgehead atoms. The van der Waals surface area contributed by atoms with E-state index in [-0.39, 0.29) is 0 Å². The van der Waals surface area contributed by atoms with Crippen LogP contribution in [-0.2, 0) is 3.07 Å². The zero-order valence-electron chi connectivity index (χ0n) is 12.7. The standard InChI is InChI=1S/C8H17.C3H7O.2C2H5.Sn/c1-3-5-7-8-6-4-2;1-2-3-4;2*1-2;/h1,3-8H2,2H3;2-3H2,1H3;2*1H2,2H3;/q;-1;;;+1. The van der Waals surface area contributed by atoms with Crippen LogP contribution in [0, 0.1) is 0 Å². The Kier molecular flexibility index (Phi) is 12.4. The van der Waals surface area contributed by atoms with E-state index in [4.69, 9.17) is 3.07 Å². The van der Waals surface area contributed by atoms with Crippen molar-refractivity contribution in [2.45, 2.75) is 86.0 Å². The van der Waals surface area contributed by atoms with Crippen molar-refractivity contribution in [1.29, 1.82) is 0 Å². The minimum atomic E-state index is -2.11. The molecule has 0 unspecified atom stereocenters. The summed E-state index contributed by atoms with van der Waals surface area (Å²) < 4.78 is 10.5. The van der Waals surface area contributed by atoms with E-state index in [0.717, 1.165) is 6.61 Å². The molecule has 0 rings (SSSR count). The van der Waals surface area contributed by atoms with Crippen LogP contribution >= 0.6 is 0 Å². The number of hydrogen-bond acceptors (Lipinski definition) is 1. The van der Waals surface area contributed by atoms with Gasteiger partial charge in [0, 0.05) is 0 Å². The van der Waals surface area contributed by atoms with Crippen LogP contribution in [0.5, 0.6) is 0 Å². The number of unbranched alkanes of at least 4 members (excludes halogenated alkanes) is 5. The van der Waals surface area contributed by atoms with Crippen LogP contribution in [0.1, 0.15) is 72.6 Å². The van der Waals surface area contributed by atoms with Crippen LogP contribution in [0.2, 0.25) is 13.3 Å². The van der Waals surface area contributed by atoms with Crippen molar-refractivity contribution < 1.29 is 3.07 Å². The summed E-state index contributed by atoms with van der Waals surface area (Å²) in [4.78, 5) is 0. The zero-order chi connectivity index (χ0) is 13.0. The average Bonchev–Trinajstić information content (AvgIpc) is 2.38. The third-order valence-electron chi connectivity index (χ3n) is 3.89.